The van der Waals surface area contributed by atoms with E-state index in [1.807, 2.05) is 25.1 Å². The van der Waals surface area contributed by atoms with Crippen LogP contribution >= 0.6 is 39.3 Å². The largest absolute Gasteiger partial charge is 0.318 e. The summed E-state index contributed by atoms with van der Waals surface area (Å²) in [5, 5.41) is 1.25. The van der Waals surface area contributed by atoms with Gasteiger partial charge in [0.15, 0.2) is 5.17 Å². The van der Waals surface area contributed by atoms with E-state index in [-0.39, 0.29) is 5.91 Å². The third-order valence-corrected chi connectivity index (χ3v) is 7.62. The lowest BCUT2D eigenvalue weighted by atomic mass is 10.2. The fourth-order valence-corrected chi connectivity index (χ4v) is 5.18. The van der Waals surface area contributed by atoms with Gasteiger partial charge in [-0.05, 0) is 103 Å². The van der Waals surface area contributed by atoms with Gasteiger partial charge in [0.1, 0.15) is 0 Å². The van der Waals surface area contributed by atoms with Crippen molar-refractivity contribution in [1.82, 2.24) is 9.47 Å². The standard InChI is InChI=1S/C25H23BrClN3OS/c1-5-29-24(31)23(32-25(29)28-19-8-11-21(26)22(27)14-19)13-18-12-16(3)30(17(18)4)20-9-6-15(2)7-10-20/h6-14H,5H2,1-4H3/b23-13-,28-25?. The van der Waals surface area contributed by atoms with Gasteiger partial charge in [-0.1, -0.05) is 29.3 Å². The molecule has 0 spiro atoms. The maximum absolute atomic E-state index is 13.1. The Labute approximate surface area is 206 Å². The quantitative estimate of drug-likeness (QED) is 0.330. The molecular formula is C25H23BrClN3OS. The second kappa shape index (κ2) is 9.30. The van der Waals surface area contributed by atoms with Crippen LogP contribution in [0.3, 0.4) is 0 Å². The summed E-state index contributed by atoms with van der Waals surface area (Å²) >= 11 is 11.0. The zero-order valence-electron chi connectivity index (χ0n) is 18.3. The number of nitrogens with zero attached hydrogens (tertiary/aromatic N) is 3. The second-order valence-electron chi connectivity index (χ2n) is 7.65. The van der Waals surface area contributed by atoms with Crippen molar-refractivity contribution < 1.29 is 4.79 Å². The summed E-state index contributed by atoms with van der Waals surface area (Å²) in [6.45, 7) is 8.75. The first-order valence-electron chi connectivity index (χ1n) is 10.3. The summed E-state index contributed by atoms with van der Waals surface area (Å²) in [6, 6.07) is 16.1. The van der Waals surface area contributed by atoms with Gasteiger partial charge in [0.05, 0.1) is 15.6 Å². The van der Waals surface area contributed by atoms with Crippen LogP contribution in [-0.4, -0.2) is 27.1 Å². The first kappa shape index (κ1) is 22.9. The van der Waals surface area contributed by atoms with Gasteiger partial charge >= 0.3 is 0 Å². The maximum atomic E-state index is 13.1. The predicted molar refractivity (Wildman–Crippen MR) is 139 cm³/mol. The number of hydrogen-bond donors (Lipinski definition) is 0. The van der Waals surface area contributed by atoms with Gasteiger partial charge in [-0.15, -0.1) is 0 Å². The number of benzene rings is 2. The lowest BCUT2D eigenvalue weighted by molar-refractivity contribution is -0.122. The molecule has 0 N–H and O–H groups in total. The molecule has 32 heavy (non-hydrogen) atoms. The van der Waals surface area contributed by atoms with Crippen LogP contribution < -0.4 is 0 Å². The molecule has 7 heteroatoms. The summed E-state index contributed by atoms with van der Waals surface area (Å²) < 4.78 is 3.03. The van der Waals surface area contributed by atoms with E-state index < -0.39 is 0 Å². The molecule has 4 nitrogen and oxygen atoms in total. The number of halogens is 2. The maximum Gasteiger partial charge on any atom is 0.266 e. The predicted octanol–water partition coefficient (Wildman–Crippen LogP) is 7.44. The Balaban J connectivity index is 1.69. The molecule has 1 saturated heterocycles. The number of carbonyl (C=O) groups excluding carboxylic acids is 1. The minimum Gasteiger partial charge on any atom is -0.318 e. The van der Waals surface area contributed by atoms with E-state index >= 15 is 0 Å². The highest BCUT2D eigenvalue weighted by Crippen LogP contribution is 2.36. The lowest BCUT2D eigenvalue weighted by Gasteiger charge is -2.12. The van der Waals surface area contributed by atoms with Crippen LogP contribution in [0.1, 0.15) is 29.4 Å². The van der Waals surface area contributed by atoms with E-state index in [4.69, 9.17) is 11.6 Å². The van der Waals surface area contributed by atoms with Crippen LogP contribution in [0.2, 0.25) is 5.02 Å². The SMILES string of the molecule is CCN1C(=O)/C(=C/c2cc(C)n(-c3ccc(C)cc3)c2C)SC1=Nc1ccc(Br)c(Cl)c1. The van der Waals surface area contributed by atoms with Gasteiger partial charge in [-0.3, -0.25) is 9.69 Å². The Kier molecular flexibility index (Phi) is 6.65. The van der Waals surface area contributed by atoms with Gasteiger partial charge in [0, 0.05) is 28.1 Å². The van der Waals surface area contributed by atoms with Gasteiger partial charge in [0.25, 0.3) is 5.91 Å². The monoisotopic (exact) mass is 527 g/mol. The fraction of sp³-hybridized carbons (Fsp3) is 0.200. The van der Waals surface area contributed by atoms with Crippen LogP contribution in [0, 0.1) is 20.8 Å². The third kappa shape index (κ3) is 4.45. The zero-order valence-corrected chi connectivity index (χ0v) is 21.5. The zero-order chi connectivity index (χ0) is 23.0. The number of amidine groups is 1. The molecule has 1 amide bonds. The van der Waals surface area contributed by atoms with Gasteiger partial charge in [-0.2, -0.15) is 0 Å². The lowest BCUT2D eigenvalue weighted by Crippen LogP contribution is -2.28. The first-order valence-corrected chi connectivity index (χ1v) is 12.3. The topological polar surface area (TPSA) is 37.6 Å². The van der Waals surface area contributed by atoms with Crippen LogP contribution in [0.4, 0.5) is 5.69 Å². The van der Waals surface area contributed by atoms with E-state index in [2.05, 4.69) is 76.6 Å². The number of thioether (sulfide) groups is 1. The van der Waals surface area contributed by atoms with Crippen LogP contribution in [0.5, 0.6) is 0 Å². The molecule has 0 aliphatic carbocycles. The van der Waals surface area contributed by atoms with Crippen LogP contribution in [0.25, 0.3) is 11.8 Å². The van der Waals surface area contributed by atoms with Gasteiger partial charge < -0.3 is 4.57 Å². The molecule has 1 aromatic heterocycles. The van der Waals surface area contributed by atoms with E-state index in [1.54, 1.807) is 11.0 Å². The van der Waals surface area contributed by atoms with E-state index in [0.717, 1.165) is 27.1 Å². The van der Waals surface area contributed by atoms with E-state index in [1.165, 1.54) is 17.3 Å². The van der Waals surface area contributed by atoms with Crippen molar-refractivity contribution in [2.24, 2.45) is 4.99 Å². The summed E-state index contributed by atoms with van der Waals surface area (Å²) in [7, 11) is 0. The molecule has 1 aliphatic rings. The Hall–Kier alpha value is -2.28. The normalized spacial score (nSPS) is 16.6. The molecule has 3 aromatic rings. The molecule has 2 aromatic carbocycles. The molecule has 4 rings (SSSR count). The Morgan fingerprint density at radius 3 is 2.47 bits per heavy atom. The number of likely N-dealkylation sites (N-methyl/N-ethyl adjacent to an activating group) is 1. The van der Waals surface area contributed by atoms with E-state index in [9.17, 15) is 4.79 Å². The Morgan fingerprint density at radius 2 is 1.81 bits per heavy atom. The molecule has 0 atom stereocenters. The van der Waals surface area contributed by atoms with E-state index in [0.29, 0.717) is 27.3 Å². The number of rotatable bonds is 4. The van der Waals surface area contributed by atoms with Crippen LogP contribution in [0.15, 0.2) is 62.9 Å². The number of aromatic nitrogens is 1. The molecule has 0 radical (unpaired) electrons. The highest BCUT2D eigenvalue weighted by molar-refractivity contribution is 9.10. The second-order valence-corrected chi connectivity index (χ2v) is 9.92. The number of aryl methyl sites for hydroxylation is 2. The van der Waals surface area contributed by atoms with Gasteiger partial charge in [-0.25, -0.2) is 4.99 Å². The summed E-state index contributed by atoms with van der Waals surface area (Å²) in [5.74, 6) is -0.0282. The van der Waals surface area contributed by atoms with Crippen molar-refractivity contribution in [2.45, 2.75) is 27.7 Å². The first-order chi connectivity index (χ1) is 15.3. The summed E-state index contributed by atoms with van der Waals surface area (Å²) in [5.41, 5.74) is 6.31. The van der Waals surface area contributed by atoms with Gasteiger partial charge in [0.2, 0.25) is 0 Å². The van der Waals surface area contributed by atoms with Crippen molar-refractivity contribution in [3.8, 4) is 5.69 Å². The molecular weight excluding hydrogens is 506 g/mol. The minimum atomic E-state index is -0.0282. The molecule has 0 bridgehead atoms. The highest BCUT2D eigenvalue weighted by Gasteiger charge is 2.32. The highest BCUT2D eigenvalue weighted by atomic mass is 79.9. The fourth-order valence-electron chi connectivity index (χ4n) is 3.70. The third-order valence-electron chi connectivity index (χ3n) is 5.38. The minimum absolute atomic E-state index is 0.0282. The summed E-state index contributed by atoms with van der Waals surface area (Å²) in [6.07, 6.45) is 1.97. The van der Waals surface area contributed by atoms with Crippen molar-refractivity contribution in [1.29, 1.82) is 0 Å². The molecule has 1 fully saturated rings. The number of carbonyl (C=O) groups is 1. The number of amides is 1. The molecule has 2 heterocycles. The van der Waals surface area contributed by atoms with Crippen molar-refractivity contribution in [3.63, 3.8) is 0 Å². The molecule has 0 unspecified atom stereocenters. The van der Waals surface area contributed by atoms with Crippen molar-refractivity contribution in [3.05, 3.63) is 85.4 Å². The smallest absolute Gasteiger partial charge is 0.266 e. The average molecular weight is 529 g/mol. The molecule has 1 aliphatic heterocycles. The van der Waals surface area contributed by atoms with Crippen LogP contribution in [-0.2, 0) is 4.79 Å². The Bertz CT molecular complexity index is 1260. The molecule has 0 saturated carbocycles. The number of hydrogen-bond acceptors (Lipinski definition) is 3. The van der Waals surface area contributed by atoms with Crippen molar-refractivity contribution in [2.75, 3.05) is 6.54 Å². The number of aliphatic imine (C=N–C) groups is 1. The van der Waals surface area contributed by atoms with Crippen molar-refractivity contribution >= 4 is 62.1 Å². The molecule has 164 valence electrons. The summed E-state index contributed by atoms with van der Waals surface area (Å²) in [4.78, 5) is 20.1. The average Bonchev–Trinajstić information content (AvgIpc) is 3.20. The Morgan fingerprint density at radius 1 is 1.09 bits per heavy atom.